The van der Waals surface area contributed by atoms with Gasteiger partial charge in [0.25, 0.3) is 0 Å². The molecule has 0 aliphatic rings. The maximum absolute atomic E-state index is 12.1. The maximum atomic E-state index is 12.1. The van der Waals surface area contributed by atoms with Crippen LogP contribution in [0.25, 0.3) is 0 Å². The lowest BCUT2D eigenvalue weighted by molar-refractivity contribution is -0.173. The fourth-order valence-electron chi connectivity index (χ4n) is 1.62. The van der Waals surface area contributed by atoms with Gasteiger partial charge in [-0.1, -0.05) is 6.08 Å². The molecule has 0 aliphatic heterocycles. The minimum Gasteiger partial charge on any atom is -0.465 e. The zero-order valence-corrected chi connectivity index (χ0v) is 11.4. The van der Waals surface area contributed by atoms with Crippen molar-refractivity contribution < 1.29 is 23.8 Å². The molecule has 0 aromatic rings. The van der Waals surface area contributed by atoms with Crippen molar-refractivity contribution in [2.45, 2.75) is 26.7 Å². The molecule has 0 aliphatic carbocycles. The van der Waals surface area contributed by atoms with E-state index in [0.717, 1.165) is 0 Å². The second kappa shape index (κ2) is 8.69. The highest BCUT2D eigenvalue weighted by molar-refractivity contribution is 6.00. The zero-order chi connectivity index (χ0) is 14.0. The van der Waals surface area contributed by atoms with Gasteiger partial charge in [-0.05, 0) is 26.7 Å². The molecule has 0 bridgehead atoms. The van der Waals surface area contributed by atoms with Crippen molar-refractivity contribution in [2.24, 2.45) is 5.41 Å². The van der Waals surface area contributed by atoms with Crippen LogP contribution in [0.5, 0.6) is 0 Å². The van der Waals surface area contributed by atoms with Crippen LogP contribution in [0, 0.1) is 5.41 Å². The number of carbonyl (C=O) groups excluding carboxylic acids is 2. The molecule has 104 valence electrons. The number of methoxy groups -OCH3 is 1. The molecule has 5 heteroatoms. The van der Waals surface area contributed by atoms with Gasteiger partial charge in [-0.2, -0.15) is 0 Å². The quantitative estimate of drug-likeness (QED) is 0.358. The van der Waals surface area contributed by atoms with Gasteiger partial charge in [0.2, 0.25) is 0 Å². The second-order valence-electron chi connectivity index (χ2n) is 3.76. The van der Waals surface area contributed by atoms with E-state index in [1.807, 2.05) is 0 Å². The fraction of sp³-hybridized carbons (Fsp3) is 0.692. The Kier molecular flexibility index (Phi) is 8.03. The van der Waals surface area contributed by atoms with Gasteiger partial charge in [0.1, 0.15) is 0 Å². The molecule has 0 N–H and O–H groups in total. The molecule has 0 aromatic heterocycles. The van der Waals surface area contributed by atoms with Crippen molar-refractivity contribution in [3.8, 4) is 0 Å². The van der Waals surface area contributed by atoms with Gasteiger partial charge in [0.05, 0.1) is 13.2 Å². The summed E-state index contributed by atoms with van der Waals surface area (Å²) in [7, 11) is 1.51. The standard InChI is InChI=1S/C13H22O5/c1-5-8-13(9-10-16-4,11(14)17-6-2)12(15)18-7-3/h5H,1,6-10H2,2-4H3. The Morgan fingerprint density at radius 2 is 1.67 bits per heavy atom. The highest BCUT2D eigenvalue weighted by atomic mass is 16.6. The van der Waals surface area contributed by atoms with Gasteiger partial charge in [-0.15, -0.1) is 6.58 Å². The van der Waals surface area contributed by atoms with Crippen molar-refractivity contribution in [1.29, 1.82) is 0 Å². The number of esters is 2. The van der Waals surface area contributed by atoms with E-state index < -0.39 is 17.4 Å². The van der Waals surface area contributed by atoms with E-state index in [9.17, 15) is 9.59 Å². The molecule has 0 saturated carbocycles. The van der Waals surface area contributed by atoms with Crippen LogP contribution in [0.15, 0.2) is 12.7 Å². The molecule has 0 radical (unpaired) electrons. The molecule has 0 unspecified atom stereocenters. The predicted molar refractivity (Wildman–Crippen MR) is 67.0 cm³/mol. The molecule has 18 heavy (non-hydrogen) atoms. The van der Waals surface area contributed by atoms with Crippen molar-refractivity contribution in [1.82, 2.24) is 0 Å². The third-order valence-corrected chi connectivity index (χ3v) is 2.56. The molecule has 0 aromatic carbocycles. The lowest BCUT2D eigenvalue weighted by Crippen LogP contribution is -2.42. The average molecular weight is 258 g/mol. The summed E-state index contributed by atoms with van der Waals surface area (Å²) in [4.78, 5) is 24.1. The Bertz CT molecular complexity index is 267. The summed E-state index contributed by atoms with van der Waals surface area (Å²) < 4.78 is 14.9. The molecular weight excluding hydrogens is 236 g/mol. The first kappa shape index (κ1) is 16.6. The molecule has 5 nitrogen and oxygen atoms in total. The average Bonchev–Trinajstić information content (AvgIpc) is 2.35. The molecule has 0 spiro atoms. The SMILES string of the molecule is C=CCC(CCOC)(C(=O)OCC)C(=O)OCC. The fourth-order valence-corrected chi connectivity index (χ4v) is 1.62. The van der Waals surface area contributed by atoms with Gasteiger partial charge >= 0.3 is 11.9 Å². The van der Waals surface area contributed by atoms with Crippen LogP contribution in [-0.4, -0.2) is 38.9 Å². The third-order valence-electron chi connectivity index (χ3n) is 2.56. The van der Waals surface area contributed by atoms with Crippen LogP contribution in [0.3, 0.4) is 0 Å². The van der Waals surface area contributed by atoms with E-state index >= 15 is 0 Å². The first-order chi connectivity index (χ1) is 8.58. The number of hydrogen-bond acceptors (Lipinski definition) is 5. The third kappa shape index (κ3) is 4.14. The Hall–Kier alpha value is -1.36. The summed E-state index contributed by atoms with van der Waals surface area (Å²) in [5, 5.41) is 0. The van der Waals surface area contributed by atoms with Crippen LogP contribution < -0.4 is 0 Å². The molecule has 0 heterocycles. The van der Waals surface area contributed by atoms with E-state index in [4.69, 9.17) is 14.2 Å². The van der Waals surface area contributed by atoms with Crippen LogP contribution in [0.1, 0.15) is 26.7 Å². The Morgan fingerprint density at radius 3 is 2.00 bits per heavy atom. The minimum absolute atomic E-state index is 0.175. The summed E-state index contributed by atoms with van der Waals surface area (Å²) >= 11 is 0. The van der Waals surface area contributed by atoms with E-state index in [2.05, 4.69) is 6.58 Å². The van der Waals surface area contributed by atoms with Gasteiger partial charge < -0.3 is 14.2 Å². The van der Waals surface area contributed by atoms with Crippen LogP contribution in [0.2, 0.25) is 0 Å². The van der Waals surface area contributed by atoms with Crippen LogP contribution in [0.4, 0.5) is 0 Å². The first-order valence-corrected chi connectivity index (χ1v) is 6.03. The molecule has 0 atom stereocenters. The summed E-state index contributed by atoms with van der Waals surface area (Å²) in [6.07, 6.45) is 1.91. The lowest BCUT2D eigenvalue weighted by Gasteiger charge is -2.27. The summed E-state index contributed by atoms with van der Waals surface area (Å²) in [5.41, 5.74) is -1.34. The zero-order valence-electron chi connectivity index (χ0n) is 11.4. The molecule has 0 rings (SSSR count). The number of ether oxygens (including phenoxy) is 3. The van der Waals surface area contributed by atoms with Crippen molar-refractivity contribution in [3.05, 3.63) is 12.7 Å². The summed E-state index contributed by atoms with van der Waals surface area (Å²) in [6, 6.07) is 0. The first-order valence-electron chi connectivity index (χ1n) is 6.03. The van der Waals surface area contributed by atoms with Gasteiger partial charge in [-0.25, -0.2) is 0 Å². The van der Waals surface area contributed by atoms with E-state index in [0.29, 0.717) is 0 Å². The summed E-state index contributed by atoms with van der Waals surface area (Å²) in [6.45, 7) is 7.66. The van der Waals surface area contributed by atoms with E-state index in [-0.39, 0.29) is 32.7 Å². The van der Waals surface area contributed by atoms with Crippen molar-refractivity contribution in [3.63, 3.8) is 0 Å². The smallest absolute Gasteiger partial charge is 0.323 e. The van der Waals surface area contributed by atoms with E-state index in [1.54, 1.807) is 13.8 Å². The summed E-state index contributed by atoms with van der Waals surface area (Å²) in [5.74, 6) is -1.17. The number of hydrogen-bond donors (Lipinski definition) is 0. The maximum Gasteiger partial charge on any atom is 0.323 e. The largest absolute Gasteiger partial charge is 0.465 e. The van der Waals surface area contributed by atoms with Crippen molar-refractivity contribution >= 4 is 11.9 Å². The van der Waals surface area contributed by atoms with E-state index in [1.165, 1.54) is 13.2 Å². The molecule has 0 fully saturated rings. The Morgan fingerprint density at radius 1 is 1.17 bits per heavy atom. The van der Waals surface area contributed by atoms with Gasteiger partial charge in [-0.3, -0.25) is 9.59 Å². The second-order valence-corrected chi connectivity index (χ2v) is 3.76. The Labute approximate surface area is 108 Å². The minimum atomic E-state index is -1.34. The monoisotopic (exact) mass is 258 g/mol. The molecule has 0 amide bonds. The Balaban J connectivity index is 5.18. The van der Waals surface area contributed by atoms with Gasteiger partial charge in [0.15, 0.2) is 5.41 Å². The molecular formula is C13H22O5. The van der Waals surface area contributed by atoms with Crippen LogP contribution >= 0.6 is 0 Å². The number of rotatable bonds is 9. The van der Waals surface area contributed by atoms with Gasteiger partial charge in [0, 0.05) is 13.7 Å². The molecule has 0 saturated heterocycles. The number of carbonyl (C=O) groups is 2. The topological polar surface area (TPSA) is 61.8 Å². The lowest BCUT2D eigenvalue weighted by atomic mass is 9.81. The highest BCUT2D eigenvalue weighted by Crippen LogP contribution is 2.31. The predicted octanol–water partition coefficient (Wildman–Crippen LogP) is 1.71. The van der Waals surface area contributed by atoms with Crippen LogP contribution in [-0.2, 0) is 23.8 Å². The highest BCUT2D eigenvalue weighted by Gasteiger charge is 2.47. The normalized spacial score (nSPS) is 10.8. The number of allylic oxidation sites excluding steroid dienone is 1. The van der Waals surface area contributed by atoms with Crippen molar-refractivity contribution in [2.75, 3.05) is 26.9 Å².